The normalized spacial score (nSPS) is 24.9. The number of alkyl halides is 3. The largest absolute Gasteiger partial charge is 0.484 e. The zero-order valence-electron chi connectivity index (χ0n) is 19.5. The molecular weight excluding hydrogens is 503 g/mol. The molecule has 3 aliphatic carbocycles. The number of hydrogen-bond acceptors (Lipinski definition) is 5. The number of benzene rings is 2. The summed E-state index contributed by atoms with van der Waals surface area (Å²) in [4.78, 5) is 25.0. The van der Waals surface area contributed by atoms with Crippen LogP contribution in [-0.2, 0) is 15.8 Å². The Kier molecular flexibility index (Phi) is 7.31. The second-order valence-corrected chi connectivity index (χ2v) is 9.42. The molecule has 3 aliphatic rings. The van der Waals surface area contributed by atoms with Gasteiger partial charge in [-0.1, -0.05) is 0 Å². The molecule has 3 N–H and O–H groups in total. The Morgan fingerprint density at radius 3 is 2.05 bits per heavy atom. The van der Waals surface area contributed by atoms with Gasteiger partial charge in [-0.25, -0.2) is 8.78 Å². The number of amides is 2. The van der Waals surface area contributed by atoms with Gasteiger partial charge in [0.25, 0.3) is 11.8 Å². The van der Waals surface area contributed by atoms with E-state index in [4.69, 9.17) is 9.47 Å². The zero-order valence-corrected chi connectivity index (χ0v) is 19.5. The molecule has 0 unspecified atom stereocenters. The summed E-state index contributed by atoms with van der Waals surface area (Å²) in [5, 5.41) is 16.5. The Morgan fingerprint density at radius 2 is 1.46 bits per heavy atom. The summed E-state index contributed by atoms with van der Waals surface area (Å²) in [6.07, 6.45) is -4.05. The Balaban J connectivity index is 1.28. The fourth-order valence-electron chi connectivity index (χ4n) is 4.95. The van der Waals surface area contributed by atoms with Crippen LogP contribution in [0.2, 0.25) is 0 Å². The van der Waals surface area contributed by atoms with E-state index in [1.165, 1.54) is 24.3 Å². The van der Waals surface area contributed by atoms with E-state index < -0.39 is 59.0 Å². The molecule has 0 heterocycles. The van der Waals surface area contributed by atoms with Gasteiger partial charge in [0.15, 0.2) is 13.2 Å². The predicted molar refractivity (Wildman–Crippen MR) is 120 cm³/mol. The molecule has 7 nitrogen and oxygen atoms in total. The standard InChI is InChI=1S/C25H25F5N2O5/c26-15-1-3-16(4-2-15)36-14-22(35)32-24-9-7-23(8-10-24,12-20(24)33)31-21(34)13-37-17-5-6-19(27)18(11-17)25(28,29)30/h1-6,11,20,33H,7-10,12-14H2,(H,31,34)(H,32,35)/t20-,23?,24?/m0/s1. The lowest BCUT2D eigenvalue weighted by molar-refractivity contribution is -0.140. The van der Waals surface area contributed by atoms with Crippen molar-refractivity contribution < 1.29 is 46.1 Å². The van der Waals surface area contributed by atoms with Crippen LogP contribution in [0.15, 0.2) is 42.5 Å². The third-order valence-corrected chi connectivity index (χ3v) is 6.91. The maximum Gasteiger partial charge on any atom is 0.419 e. The number of hydrogen-bond donors (Lipinski definition) is 3. The van der Waals surface area contributed by atoms with E-state index in [1.807, 2.05) is 0 Å². The van der Waals surface area contributed by atoms with Crippen LogP contribution in [0.1, 0.15) is 37.7 Å². The highest BCUT2D eigenvalue weighted by molar-refractivity contribution is 5.79. The van der Waals surface area contributed by atoms with Crippen molar-refractivity contribution in [2.45, 2.75) is 55.5 Å². The average molecular weight is 528 g/mol. The average Bonchev–Trinajstić information content (AvgIpc) is 2.83. The number of fused-ring (bicyclic) bond motifs is 3. The van der Waals surface area contributed by atoms with E-state index in [9.17, 15) is 36.6 Å². The maximum absolute atomic E-state index is 13.4. The number of aliphatic hydroxyl groups is 1. The molecule has 1 atom stereocenters. The van der Waals surface area contributed by atoms with Gasteiger partial charge in [0.2, 0.25) is 0 Å². The molecule has 3 saturated carbocycles. The molecule has 0 aliphatic heterocycles. The van der Waals surface area contributed by atoms with Crippen LogP contribution in [0, 0.1) is 11.6 Å². The fourth-order valence-corrected chi connectivity index (χ4v) is 4.95. The van der Waals surface area contributed by atoms with Crippen LogP contribution in [-0.4, -0.2) is 47.3 Å². The molecular formula is C25H25F5N2O5. The summed E-state index contributed by atoms with van der Waals surface area (Å²) in [5.41, 5.74) is -3.13. The van der Waals surface area contributed by atoms with E-state index in [2.05, 4.69) is 10.6 Å². The van der Waals surface area contributed by atoms with Crippen LogP contribution >= 0.6 is 0 Å². The summed E-state index contributed by atoms with van der Waals surface area (Å²) in [7, 11) is 0. The summed E-state index contributed by atoms with van der Waals surface area (Å²) in [6.45, 7) is -0.915. The summed E-state index contributed by atoms with van der Waals surface area (Å²) in [6, 6.07) is 7.30. The molecule has 0 saturated heterocycles. The highest BCUT2D eigenvalue weighted by Crippen LogP contribution is 2.47. The van der Waals surface area contributed by atoms with Crippen LogP contribution in [0.25, 0.3) is 0 Å². The van der Waals surface area contributed by atoms with E-state index in [0.29, 0.717) is 43.6 Å². The van der Waals surface area contributed by atoms with Crippen LogP contribution in [0.3, 0.4) is 0 Å². The molecule has 12 heteroatoms. The minimum atomic E-state index is -4.90. The molecule has 2 aromatic carbocycles. The molecule has 200 valence electrons. The minimum Gasteiger partial charge on any atom is -0.484 e. The second-order valence-electron chi connectivity index (χ2n) is 9.42. The Bertz CT molecular complexity index is 1150. The van der Waals surface area contributed by atoms with Gasteiger partial charge in [-0.15, -0.1) is 0 Å². The van der Waals surface area contributed by atoms with Gasteiger partial charge in [0.1, 0.15) is 23.1 Å². The fraction of sp³-hybridized carbons (Fsp3) is 0.440. The van der Waals surface area contributed by atoms with Crippen molar-refractivity contribution in [1.82, 2.24) is 10.6 Å². The van der Waals surface area contributed by atoms with Crippen molar-refractivity contribution in [2.24, 2.45) is 0 Å². The molecule has 37 heavy (non-hydrogen) atoms. The third kappa shape index (κ3) is 6.12. The Morgan fingerprint density at radius 1 is 0.892 bits per heavy atom. The summed E-state index contributed by atoms with van der Waals surface area (Å²) >= 11 is 0. The van der Waals surface area contributed by atoms with Gasteiger partial charge in [-0.2, -0.15) is 13.2 Å². The van der Waals surface area contributed by atoms with Crippen molar-refractivity contribution in [3.05, 3.63) is 59.7 Å². The number of carbonyl (C=O) groups excluding carboxylic acids is 2. The van der Waals surface area contributed by atoms with E-state index in [1.54, 1.807) is 0 Å². The Labute approximate surface area is 208 Å². The Hall–Kier alpha value is -3.41. The van der Waals surface area contributed by atoms with Gasteiger partial charge in [0.05, 0.1) is 17.2 Å². The molecule has 0 radical (unpaired) electrons. The minimum absolute atomic E-state index is 0.159. The van der Waals surface area contributed by atoms with Gasteiger partial charge < -0.3 is 25.2 Å². The molecule has 2 aromatic rings. The van der Waals surface area contributed by atoms with Gasteiger partial charge in [-0.05, 0) is 74.6 Å². The monoisotopic (exact) mass is 528 g/mol. The highest BCUT2D eigenvalue weighted by atomic mass is 19.4. The molecule has 5 rings (SSSR count). The van der Waals surface area contributed by atoms with Crippen LogP contribution in [0.5, 0.6) is 11.5 Å². The predicted octanol–water partition coefficient (Wildman–Crippen LogP) is 3.49. The van der Waals surface area contributed by atoms with E-state index >= 15 is 0 Å². The van der Waals surface area contributed by atoms with Crippen molar-refractivity contribution in [3.8, 4) is 11.5 Å². The molecule has 2 bridgehead atoms. The maximum atomic E-state index is 13.4. The first-order valence-corrected chi connectivity index (χ1v) is 11.6. The van der Waals surface area contributed by atoms with Crippen molar-refractivity contribution in [1.29, 1.82) is 0 Å². The number of ether oxygens (including phenoxy) is 2. The lowest BCUT2D eigenvalue weighted by atomic mass is 9.60. The van der Waals surface area contributed by atoms with Gasteiger partial charge >= 0.3 is 6.18 Å². The van der Waals surface area contributed by atoms with Crippen molar-refractivity contribution in [3.63, 3.8) is 0 Å². The van der Waals surface area contributed by atoms with Crippen LogP contribution in [0.4, 0.5) is 22.0 Å². The van der Waals surface area contributed by atoms with E-state index in [0.717, 1.165) is 6.07 Å². The summed E-state index contributed by atoms with van der Waals surface area (Å²) < 4.78 is 75.5. The van der Waals surface area contributed by atoms with E-state index in [-0.39, 0.29) is 18.8 Å². The first-order chi connectivity index (χ1) is 17.4. The number of carbonyl (C=O) groups is 2. The lowest BCUT2D eigenvalue weighted by Gasteiger charge is -2.56. The molecule has 2 amide bonds. The quantitative estimate of drug-likeness (QED) is 0.456. The third-order valence-electron chi connectivity index (χ3n) is 6.91. The molecule has 0 aromatic heterocycles. The van der Waals surface area contributed by atoms with Crippen molar-refractivity contribution in [2.75, 3.05) is 13.2 Å². The number of aliphatic hydroxyl groups excluding tert-OH is 1. The number of nitrogens with one attached hydrogen (secondary N) is 2. The van der Waals surface area contributed by atoms with Crippen molar-refractivity contribution >= 4 is 11.8 Å². The summed E-state index contributed by atoms with van der Waals surface area (Å²) in [5.74, 6) is -2.92. The van der Waals surface area contributed by atoms with Gasteiger partial charge in [-0.3, -0.25) is 9.59 Å². The SMILES string of the molecule is O=C(COc1ccc(F)c(C(F)(F)F)c1)NC12CCC(NC(=O)COc3ccc(F)cc3)(CC1)[C@@H](O)C2. The second kappa shape index (κ2) is 10.2. The molecule has 3 fully saturated rings. The lowest BCUT2D eigenvalue weighted by Crippen LogP contribution is -2.70. The molecule has 0 spiro atoms. The van der Waals surface area contributed by atoms with Gasteiger partial charge in [0, 0.05) is 5.54 Å². The smallest absolute Gasteiger partial charge is 0.419 e. The highest BCUT2D eigenvalue weighted by Gasteiger charge is 2.55. The number of rotatable bonds is 8. The zero-order chi connectivity index (χ0) is 26.8. The topological polar surface area (TPSA) is 96.9 Å². The number of halogens is 5. The first-order valence-electron chi connectivity index (χ1n) is 11.6. The first kappa shape index (κ1) is 26.6. The van der Waals surface area contributed by atoms with Crippen LogP contribution < -0.4 is 20.1 Å².